The molecule has 2 aromatic carbocycles. The summed E-state index contributed by atoms with van der Waals surface area (Å²) in [5.74, 6) is -1.13. The Balaban J connectivity index is 2.12. The molecule has 138 valence electrons. The van der Waals surface area contributed by atoms with Crippen molar-refractivity contribution in [1.29, 1.82) is 0 Å². The molecule has 1 N–H and O–H groups in total. The molecule has 0 spiro atoms. The summed E-state index contributed by atoms with van der Waals surface area (Å²) in [5.41, 5.74) is 0.989. The molecular formula is C17H16BrNO6S. The van der Waals surface area contributed by atoms with Crippen molar-refractivity contribution >= 4 is 37.6 Å². The van der Waals surface area contributed by atoms with E-state index in [-0.39, 0.29) is 35.2 Å². The predicted molar refractivity (Wildman–Crippen MR) is 98.9 cm³/mol. The summed E-state index contributed by atoms with van der Waals surface area (Å²) in [6.07, 6.45) is 0. The zero-order chi connectivity index (χ0) is 19.1. The minimum Gasteiger partial charge on any atom is -0.486 e. The van der Waals surface area contributed by atoms with Gasteiger partial charge in [0.1, 0.15) is 18.8 Å². The number of carboxylic acids is 1. The van der Waals surface area contributed by atoms with Crippen molar-refractivity contribution in [3.8, 4) is 11.5 Å². The number of carboxylic acid groups (broad SMARTS) is 1. The topological polar surface area (TPSA) is 93.1 Å². The van der Waals surface area contributed by atoms with Crippen molar-refractivity contribution in [2.75, 3.05) is 24.6 Å². The number of hydrogen-bond donors (Lipinski definition) is 1. The van der Waals surface area contributed by atoms with Crippen molar-refractivity contribution in [3.05, 3.63) is 45.9 Å². The lowest BCUT2D eigenvalue weighted by Gasteiger charge is -2.24. The summed E-state index contributed by atoms with van der Waals surface area (Å²) < 4.78 is 38.8. The zero-order valence-corrected chi connectivity index (χ0v) is 16.4. The van der Waals surface area contributed by atoms with Gasteiger partial charge < -0.3 is 14.6 Å². The minimum atomic E-state index is -4.00. The Morgan fingerprint density at radius 1 is 1.19 bits per heavy atom. The van der Waals surface area contributed by atoms with Gasteiger partial charge in [0.2, 0.25) is 0 Å². The second-order valence-electron chi connectivity index (χ2n) is 5.70. The van der Waals surface area contributed by atoms with Crippen LogP contribution in [0.4, 0.5) is 5.69 Å². The third kappa shape index (κ3) is 3.24. The lowest BCUT2D eigenvalue weighted by Crippen LogP contribution is -2.28. The van der Waals surface area contributed by atoms with Crippen LogP contribution in [-0.2, 0) is 10.0 Å². The standard InChI is InChI=1S/C17H16BrNO6S/c1-10-7-11(18)3-4-14(10)19(2)26(22,23)12-8-13(17(20)21)16-15(9-12)24-5-6-25-16/h3-4,7-9H,5-6H2,1-2H3,(H,20,21). The van der Waals surface area contributed by atoms with Crippen LogP contribution >= 0.6 is 15.9 Å². The molecular weight excluding hydrogens is 426 g/mol. The van der Waals surface area contributed by atoms with Crippen LogP contribution in [-0.4, -0.2) is 39.8 Å². The number of halogens is 1. The number of sulfonamides is 1. The maximum atomic E-state index is 13.1. The number of carbonyl (C=O) groups is 1. The monoisotopic (exact) mass is 441 g/mol. The smallest absolute Gasteiger partial charge is 0.339 e. The molecule has 26 heavy (non-hydrogen) atoms. The first-order valence-electron chi connectivity index (χ1n) is 7.64. The molecule has 0 atom stereocenters. The number of anilines is 1. The van der Waals surface area contributed by atoms with Crippen LogP contribution in [0.25, 0.3) is 0 Å². The number of benzene rings is 2. The van der Waals surface area contributed by atoms with Crippen LogP contribution in [0.3, 0.4) is 0 Å². The average Bonchev–Trinajstić information content (AvgIpc) is 2.60. The molecule has 0 bridgehead atoms. The van der Waals surface area contributed by atoms with Crippen molar-refractivity contribution < 1.29 is 27.8 Å². The number of ether oxygens (including phenoxy) is 2. The van der Waals surface area contributed by atoms with E-state index >= 15 is 0 Å². The average molecular weight is 442 g/mol. The lowest BCUT2D eigenvalue weighted by molar-refractivity contribution is 0.0685. The fourth-order valence-electron chi connectivity index (χ4n) is 2.70. The molecule has 3 rings (SSSR count). The Morgan fingerprint density at radius 2 is 1.88 bits per heavy atom. The van der Waals surface area contributed by atoms with Crippen molar-refractivity contribution in [2.45, 2.75) is 11.8 Å². The Labute approximate surface area is 159 Å². The number of aromatic carboxylic acids is 1. The summed E-state index contributed by atoms with van der Waals surface area (Å²) >= 11 is 3.34. The molecule has 1 aliphatic rings. The number of aryl methyl sites for hydroxylation is 1. The summed E-state index contributed by atoms with van der Waals surface area (Å²) in [7, 11) is -2.58. The van der Waals surface area contributed by atoms with E-state index in [1.54, 1.807) is 25.1 Å². The van der Waals surface area contributed by atoms with Gasteiger partial charge in [-0.3, -0.25) is 4.31 Å². The van der Waals surface area contributed by atoms with Crippen LogP contribution in [0.5, 0.6) is 11.5 Å². The minimum absolute atomic E-state index is 0.0465. The quantitative estimate of drug-likeness (QED) is 0.783. The second kappa shape index (κ2) is 6.81. The van der Waals surface area contributed by atoms with E-state index in [2.05, 4.69) is 15.9 Å². The first kappa shape index (κ1) is 18.5. The van der Waals surface area contributed by atoms with Gasteiger partial charge >= 0.3 is 5.97 Å². The Kier molecular flexibility index (Phi) is 4.85. The lowest BCUT2D eigenvalue weighted by atomic mass is 10.2. The van der Waals surface area contributed by atoms with E-state index in [0.29, 0.717) is 5.69 Å². The van der Waals surface area contributed by atoms with Crippen LogP contribution in [0.1, 0.15) is 15.9 Å². The van der Waals surface area contributed by atoms with Gasteiger partial charge in [0.05, 0.1) is 10.6 Å². The molecule has 0 saturated carbocycles. The predicted octanol–water partition coefficient (Wildman–Crippen LogP) is 3.05. The van der Waals surface area contributed by atoms with Crippen molar-refractivity contribution in [1.82, 2.24) is 0 Å². The van der Waals surface area contributed by atoms with Gasteiger partial charge in [-0.05, 0) is 36.8 Å². The highest BCUT2D eigenvalue weighted by Gasteiger charge is 2.29. The number of hydrogen-bond acceptors (Lipinski definition) is 5. The summed E-state index contributed by atoms with van der Waals surface area (Å²) in [6, 6.07) is 7.60. The molecule has 2 aromatic rings. The molecule has 9 heteroatoms. The molecule has 1 aliphatic heterocycles. The van der Waals surface area contributed by atoms with Gasteiger partial charge in [-0.2, -0.15) is 0 Å². The molecule has 0 aromatic heterocycles. The molecule has 0 saturated heterocycles. The van der Waals surface area contributed by atoms with Crippen LogP contribution in [0.2, 0.25) is 0 Å². The summed E-state index contributed by atoms with van der Waals surface area (Å²) in [5, 5.41) is 9.41. The maximum absolute atomic E-state index is 13.1. The molecule has 1 heterocycles. The molecule has 7 nitrogen and oxygen atoms in total. The largest absolute Gasteiger partial charge is 0.486 e. The Hall–Kier alpha value is -2.26. The third-order valence-electron chi connectivity index (χ3n) is 4.00. The molecule has 0 unspecified atom stereocenters. The fourth-order valence-corrected chi connectivity index (χ4v) is 4.47. The van der Waals surface area contributed by atoms with Crippen LogP contribution < -0.4 is 13.8 Å². The second-order valence-corrected chi connectivity index (χ2v) is 8.59. The van der Waals surface area contributed by atoms with E-state index in [4.69, 9.17) is 9.47 Å². The molecule has 0 aliphatic carbocycles. The highest BCUT2D eigenvalue weighted by molar-refractivity contribution is 9.10. The van der Waals surface area contributed by atoms with Gasteiger partial charge in [0.15, 0.2) is 11.5 Å². The molecule has 0 amide bonds. The summed E-state index contributed by atoms with van der Waals surface area (Å²) in [6.45, 7) is 2.22. The zero-order valence-electron chi connectivity index (χ0n) is 14.0. The Bertz CT molecular complexity index is 989. The van der Waals surface area contributed by atoms with E-state index in [9.17, 15) is 18.3 Å². The number of nitrogens with zero attached hydrogens (tertiary/aromatic N) is 1. The van der Waals surface area contributed by atoms with Crippen molar-refractivity contribution in [2.24, 2.45) is 0 Å². The molecule has 0 radical (unpaired) electrons. The van der Waals surface area contributed by atoms with E-state index < -0.39 is 16.0 Å². The first-order chi connectivity index (χ1) is 12.2. The van der Waals surface area contributed by atoms with Gasteiger partial charge in [0.25, 0.3) is 10.0 Å². The summed E-state index contributed by atoms with van der Waals surface area (Å²) in [4.78, 5) is 11.4. The maximum Gasteiger partial charge on any atom is 0.339 e. The SMILES string of the molecule is Cc1cc(Br)ccc1N(C)S(=O)(=O)c1cc2c(c(C(=O)O)c1)OCCO2. The number of fused-ring (bicyclic) bond motifs is 1. The van der Waals surface area contributed by atoms with E-state index in [0.717, 1.165) is 20.4 Å². The third-order valence-corrected chi connectivity index (χ3v) is 6.25. The van der Waals surface area contributed by atoms with Gasteiger partial charge in [0, 0.05) is 17.6 Å². The van der Waals surface area contributed by atoms with Crippen LogP contribution in [0, 0.1) is 6.92 Å². The van der Waals surface area contributed by atoms with Gasteiger partial charge in [-0.15, -0.1) is 0 Å². The van der Waals surface area contributed by atoms with Crippen molar-refractivity contribution in [3.63, 3.8) is 0 Å². The van der Waals surface area contributed by atoms with Gasteiger partial charge in [-0.1, -0.05) is 15.9 Å². The highest BCUT2D eigenvalue weighted by Crippen LogP contribution is 2.38. The number of rotatable bonds is 4. The molecule has 0 fully saturated rings. The highest BCUT2D eigenvalue weighted by atomic mass is 79.9. The van der Waals surface area contributed by atoms with E-state index in [1.807, 2.05) is 0 Å². The first-order valence-corrected chi connectivity index (χ1v) is 9.87. The fraction of sp³-hybridized carbons (Fsp3) is 0.235. The van der Waals surface area contributed by atoms with E-state index in [1.165, 1.54) is 13.1 Å². The van der Waals surface area contributed by atoms with Crippen LogP contribution in [0.15, 0.2) is 39.7 Å². The Morgan fingerprint density at radius 3 is 2.54 bits per heavy atom. The van der Waals surface area contributed by atoms with Gasteiger partial charge in [-0.25, -0.2) is 13.2 Å². The normalized spacial score (nSPS) is 13.3.